The summed E-state index contributed by atoms with van der Waals surface area (Å²) in [4.78, 5) is 15.5. The summed E-state index contributed by atoms with van der Waals surface area (Å²) >= 11 is 0. The fourth-order valence-electron chi connectivity index (χ4n) is 7.96. The third-order valence-corrected chi connectivity index (χ3v) is 8.91. The van der Waals surface area contributed by atoms with Gasteiger partial charge in [0.05, 0.1) is 5.60 Å². The molecule has 0 saturated heterocycles. The monoisotopic (exact) mass is 359 g/mol. The standard InChI is InChI=1S/C21H33N3O2/c1-12(25)17-10-18(23-24-22)19-16-5-4-13-11-20(2,26)8-6-14(13)15(16)7-9-21(17,19)3/h13-19,26H,4-11H2,1-3H3/t13-,14+,15-,16-,17-,18?,19-,20-,21-/m1/s1. The van der Waals surface area contributed by atoms with E-state index in [-0.39, 0.29) is 23.2 Å². The van der Waals surface area contributed by atoms with E-state index in [1.165, 1.54) is 19.3 Å². The lowest BCUT2D eigenvalue weighted by atomic mass is 9.48. The van der Waals surface area contributed by atoms with Crippen molar-refractivity contribution in [1.29, 1.82) is 0 Å². The first-order valence-corrected chi connectivity index (χ1v) is 10.5. The van der Waals surface area contributed by atoms with E-state index in [1.807, 2.05) is 6.92 Å². The minimum atomic E-state index is -0.488. The lowest BCUT2D eigenvalue weighted by Gasteiger charge is -2.57. The molecule has 1 N–H and O–H groups in total. The van der Waals surface area contributed by atoms with Gasteiger partial charge in [0.25, 0.3) is 0 Å². The van der Waals surface area contributed by atoms with Crippen LogP contribution in [0.4, 0.5) is 0 Å². The van der Waals surface area contributed by atoms with Crippen LogP contribution in [0.5, 0.6) is 0 Å². The van der Waals surface area contributed by atoms with Gasteiger partial charge in [-0.3, -0.25) is 4.79 Å². The molecular weight excluding hydrogens is 326 g/mol. The molecule has 4 rings (SSSR count). The minimum absolute atomic E-state index is 0.00114. The smallest absolute Gasteiger partial charge is 0.133 e. The minimum Gasteiger partial charge on any atom is -0.390 e. The molecule has 5 heteroatoms. The van der Waals surface area contributed by atoms with Crippen LogP contribution in [0.25, 0.3) is 10.4 Å². The number of aliphatic hydroxyl groups is 1. The molecule has 0 bridgehead atoms. The largest absolute Gasteiger partial charge is 0.390 e. The predicted octanol–water partition coefficient (Wildman–Crippen LogP) is 4.88. The van der Waals surface area contributed by atoms with Gasteiger partial charge in [-0.1, -0.05) is 12.0 Å². The highest BCUT2D eigenvalue weighted by atomic mass is 16.3. The molecule has 4 aliphatic carbocycles. The van der Waals surface area contributed by atoms with Crippen LogP contribution in [0.15, 0.2) is 5.11 Å². The molecule has 0 aromatic heterocycles. The van der Waals surface area contributed by atoms with Crippen molar-refractivity contribution < 1.29 is 9.90 Å². The van der Waals surface area contributed by atoms with Gasteiger partial charge in [0.1, 0.15) is 5.78 Å². The van der Waals surface area contributed by atoms with Crippen molar-refractivity contribution in [2.75, 3.05) is 0 Å². The normalized spacial score (nSPS) is 53.0. The number of Topliss-reactive ketones (excluding diaryl/α,β-unsaturated/α-hetero) is 1. The summed E-state index contributed by atoms with van der Waals surface area (Å²) in [5.41, 5.74) is 8.62. The molecular formula is C21H33N3O2. The lowest BCUT2D eigenvalue weighted by Crippen LogP contribution is -2.52. The van der Waals surface area contributed by atoms with Crippen LogP contribution in [-0.2, 0) is 4.79 Å². The van der Waals surface area contributed by atoms with E-state index < -0.39 is 5.60 Å². The van der Waals surface area contributed by atoms with Crippen molar-refractivity contribution in [3.8, 4) is 0 Å². The molecule has 0 aromatic rings. The molecule has 0 radical (unpaired) electrons. The van der Waals surface area contributed by atoms with E-state index in [0.29, 0.717) is 29.6 Å². The molecule has 4 fully saturated rings. The van der Waals surface area contributed by atoms with Crippen molar-refractivity contribution in [1.82, 2.24) is 0 Å². The maximum atomic E-state index is 12.4. The summed E-state index contributed by atoms with van der Waals surface area (Å²) in [5, 5.41) is 14.7. The Labute approximate surface area is 156 Å². The summed E-state index contributed by atoms with van der Waals surface area (Å²) in [7, 11) is 0. The van der Waals surface area contributed by atoms with Crippen LogP contribution < -0.4 is 0 Å². The molecule has 0 heterocycles. The van der Waals surface area contributed by atoms with E-state index >= 15 is 0 Å². The Bertz CT molecular complexity index is 641. The second kappa shape index (κ2) is 6.24. The van der Waals surface area contributed by atoms with Crippen LogP contribution in [-0.4, -0.2) is 22.5 Å². The molecule has 0 aromatic carbocycles. The molecule has 0 spiro atoms. The SMILES string of the molecule is CC(=O)[C@H]1CC(N=[N+]=[N-])[C@H]2[C@@H]3CC[C@@H]4C[C@](C)(O)CC[C@@H]4[C@H]3CC[C@]12C. The Morgan fingerprint density at radius 3 is 2.54 bits per heavy atom. The highest BCUT2D eigenvalue weighted by Gasteiger charge is 2.61. The Morgan fingerprint density at radius 1 is 1.12 bits per heavy atom. The van der Waals surface area contributed by atoms with Crippen LogP contribution in [0.1, 0.15) is 72.1 Å². The molecule has 144 valence electrons. The number of carbonyl (C=O) groups excluding carboxylic acids is 1. The zero-order chi connectivity index (χ0) is 18.7. The van der Waals surface area contributed by atoms with Crippen LogP contribution in [0.3, 0.4) is 0 Å². The molecule has 4 aliphatic rings. The van der Waals surface area contributed by atoms with Gasteiger partial charge < -0.3 is 5.11 Å². The van der Waals surface area contributed by atoms with Crippen molar-refractivity contribution in [2.24, 2.45) is 46.0 Å². The van der Waals surface area contributed by atoms with Crippen LogP contribution >= 0.6 is 0 Å². The van der Waals surface area contributed by atoms with Gasteiger partial charge in [0.2, 0.25) is 0 Å². The van der Waals surface area contributed by atoms with E-state index in [1.54, 1.807) is 6.92 Å². The third kappa shape index (κ3) is 2.70. The average Bonchev–Trinajstić information content (AvgIpc) is 2.87. The fraction of sp³-hybridized carbons (Fsp3) is 0.952. The first kappa shape index (κ1) is 18.3. The molecule has 9 atom stereocenters. The zero-order valence-corrected chi connectivity index (χ0v) is 16.4. The topological polar surface area (TPSA) is 86.1 Å². The second-order valence-electron chi connectivity index (χ2n) is 10.3. The van der Waals surface area contributed by atoms with E-state index in [2.05, 4.69) is 16.9 Å². The van der Waals surface area contributed by atoms with Gasteiger partial charge in [-0.25, -0.2) is 0 Å². The lowest BCUT2D eigenvalue weighted by molar-refractivity contribution is -0.130. The van der Waals surface area contributed by atoms with Gasteiger partial charge in [0, 0.05) is 16.9 Å². The Hall–Kier alpha value is -1.06. The van der Waals surface area contributed by atoms with Crippen molar-refractivity contribution >= 4 is 5.78 Å². The highest BCUT2D eigenvalue weighted by Crippen LogP contribution is 2.65. The van der Waals surface area contributed by atoms with Crippen molar-refractivity contribution in [2.45, 2.75) is 83.8 Å². The Kier molecular flexibility index (Phi) is 4.39. The Morgan fingerprint density at radius 2 is 1.85 bits per heavy atom. The molecule has 0 aliphatic heterocycles. The van der Waals surface area contributed by atoms with Crippen molar-refractivity contribution in [3.63, 3.8) is 0 Å². The highest BCUT2D eigenvalue weighted by molar-refractivity contribution is 5.79. The van der Waals surface area contributed by atoms with Gasteiger partial charge >= 0.3 is 0 Å². The Balaban J connectivity index is 1.64. The average molecular weight is 360 g/mol. The van der Waals surface area contributed by atoms with Gasteiger partial charge in [-0.05, 0) is 106 Å². The number of hydrogen-bond donors (Lipinski definition) is 1. The maximum Gasteiger partial charge on any atom is 0.133 e. The van der Waals surface area contributed by atoms with E-state index in [9.17, 15) is 9.90 Å². The molecule has 1 unspecified atom stereocenters. The number of carbonyl (C=O) groups is 1. The molecule has 5 nitrogen and oxygen atoms in total. The van der Waals surface area contributed by atoms with Gasteiger partial charge in [-0.15, -0.1) is 0 Å². The van der Waals surface area contributed by atoms with E-state index in [0.717, 1.165) is 32.1 Å². The summed E-state index contributed by atoms with van der Waals surface area (Å²) < 4.78 is 0. The van der Waals surface area contributed by atoms with Gasteiger partial charge in [-0.2, -0.15) is 0 Å². The molecule has 0 amide bonds. The number of fused-ring (bicyclic) bond motifs is 5. The first-order valence-electron chi connectivity index (χ1n) is 10.5. The number of hydrogen-bond acceptors (Lipinski definition) is 3. The molecule has 26 heavy (non-hydrogen) atoms. The molecule has 4 saturated carbocycles. The quantitative estimate of drug-likeness (QED) is 0.432. The van der Waals surface area contributed by atoms with Crippen LogP contribution in [0.2, 0.25) is 0 Å². The fourth-order valence-corrected chi connectivity index (χ4v) is 7.96. The second-order valence-corrected chi connectivity index (χ2v) is 10.3. The van der Waals surface area contributed by atoms with Crippen LogP contribution in [0, 0.1) is 40.9 Å². The number of nitrogens with zero attached hydrogens (tertiary/aromatic N) is 3. The maximum absolute atomic E-state index is 12.4. The van der Waals surface area contributed by atoms with Crippen molar-refractivity contribution in [3.05, 3.63) is 10.4 Å². The summed E-state index contributed by atoms with van der Waals surface area (Å²) in [5.74, 6) is 3.30. The first-order chi connectivity index (χ1) is 12.3. The number of azide groups is 1. The zero-order valence-electron chi connectivity index (χ0n) is 16.4. The summed E-state index contributed by atoms with van der Waals surface area (Å²) in [6.07, 6.45) is 8.37. The summed E-state index contributed by atoms with van der Waals surface area (Å²) in [6, 6.07) is -0.0186. The predicted molar refractivity (Wildman–Crippen MR) is 100 cm³/mol. The third-order valence-electron chi connectivity index (χ3n) is 8.91. The van der Waals surface area contributed by atoms with Gasteiger partial charge in [0.15, 0.2) is 0 Å². The summed E-state index contributed by atoms with van der Waals surface area (Å²) in [6.45, 7) is 6.02. The number of rotatable bonds is 2. The van der Waals surface area contributed by atoms with E-state index in [4.69, 9.17) is 5.53 Å². The number of ketones is 1.